The van der Waals surface area contributed by atoms with Crippen LogP contribution in [0.15, 0.2) is 11.8 Å². The van der Waals surface area contributed by atoms with Crippen LogP contribution < -0.4 is 0 Å². The van der Waals surface area contributed by atoms with Crippen molar-refractivity contribution in [2.24, 2.45) is 0 Å². The maximum atomic E-state index is 10.8. The molecule has 0 aromatic rings. The van der Waals surface area contributed by atoms with Gasteiger partial charge < -0.3 is 14.7 Å². The van der Waals surface area contributed by atoms with Crippen molar-refractivity contribution in [2.45, 2.75) is 25.6 Å². The zero-order chi connectivity index (χ0) is 9.26. The second-order valence-corrected chi connectivity index (χ2v) is 3.41. The summed E-state index contributed by atoms with van der Waals surface area (Å²) in [5, 5.41) is 9.36. The van der Waals surface area contributed by atoms with E-state index in [4.69, 9.17) is 0 Å². The third-order valence-electron chi connectivity index (χ3n) is 2.47. The van der Waals surface area contributed by atoms with E-state index in [2.05, 4.69) is 4.74 Å². The Morgan fingerprint density at radius 2 is 2.08 bits per heavy atom. The molecule has 0 aromatic carbocycles. The number of aliphatic hydroxyl groups is 1. The fraction of sp³-hybridized carbons (Fsp3) is 0.667. The molecule has 0 saturated carbocycles. The quantitative estimate of drug-likeness (QED) is 0.591. The minimum Gasteiger partial charge on any atom is -0.427 e. The van der Waals surface area contributed by atoms with Crippen molar-refractivity contribution in [2.75, 3.05) is 13.1 Å². The minimum absolute atomic E-state index is 0.437. The molecule has 0 aliphatic carbocycles. The lowest BCUT2D eigenvalue weighted by molar-refractivity contribution is -0.152. The minimum atomic E-state index is -1.04. The van der Waals surface area contributed by atoms with E-state index in [1.807, 2.05) is 4.90 Å². The van der Waals surface area contributed by atoms with Gasteiger partial charge in [0.25, 0.3) is 0 Å². The van der Waals surface area contributed by atoms with Gasteiger partial charge in [0.15, 0.2) is 0 Å². The SMILES string of the molecule is O=C1C=C(N2CCCCC2)C(O)O1. The summed E-state index contributed by atoms with van der Waals surface area (Å²) >= 11 is 0. The van der Waals surface area contributed by atoms with E-state index in [0.717, 1.165) is 25.9 Å². The molecule has 2 aliphatic rings. The zero-order valence-corrected chi connectivity index (χ0v) is 7.40. The van der Waals surface area contributed by atoms with Crippen molar-refractivity contribution in [3.05, 3.63) is 11.8 Å². The number of aliphatic hydroxyl groups excluding tert-OH is 1. The van der Waals surface area contributed by atoms with Crippen molar-refractivity contribution in [3.8, 4) is 0 Å². The summed E-state index contributed by atoms with van der Waals surface area (Å²) in [6.45, 7) is 1.83. The van der Waals surface area contributed by atoms with Gasteiger partial charge in [-0.25, -0.2) is 4.79 Å². The Morgan fingerprint density at radius 3 is 2.62 bits per heavy atom. The topological polar surface area (TPSA) is 49.8 Å². The number of piperidine rings is 1. The molecule has 0 aromatic heterocycles. The van der Waals surface area contributed by atoms with E-state index in [0.29, 0.717) is 5.70 Å². The molecular formula is C9H13NO3. The second-order valence-electron chi connectivity index (χ2n) is 3.41. The molecule has 1 fully saturated rings. The van der Waals surface area contributed by atoms with Crippen LogP contribution in [-0.2, 0) is 9.53 Å². The Hall–Kier alpha value is -1.03. The van der Waals surface area contributed by atoms with E-state index in [9.17, 15) is 9.90 Å². The highest BCUT2D eigenvalue weighted by Crippen LogP contribution is 2.21. The largest absolute Gasteiger partial charge is 0.427 e. The summed E-state index contributed by atoms with van der Waals surface area (Å²) in [4.78, 5) is 12.8. The first-order valence-electron chi connectivity index (χ1n) is 4.62. The highest BCUT2D eigenvalue weighted by molar-refractivity contribution is 5.85. The molecule has 2 heterocycles. The van der Waals surface area contributed by atoms with Crippen LogP contribution in [0, 0.1) is 0 Å². The number of cyclic esters (lactones) is 1. The molecule has 2 aliphatic heterocycles. The summed E-state index contributed by atoms with van der Waals surface area (Å²) in [6, 6.07) is 0. The first-order chi connectivity index (χ1) is 6.27. The lowest BCUT2D eigenvalue weighted by Crippen LogP contribution is -2.33. The summed E-state index contributed by atoms with van der Waals surface area (Å²) < 4.78 is 4.61. The van der Waals surface area contributed by atoms with Crippen molar-refractivity contribution >= 4 is 5.97 Å². The van der Waals surface area contributed by atoms with Crippen LogP contribution in [-0.4, -0.2) is 35.4 Å². The van der Waals surface area contributed by atoms with E-state index in [-0.39, 0.29) is 0 Å². The standard InChI is InChI=1S/C9H13NO3/c11-8-6-7(9(12)13-8)10-4-2-1-3-5-10/h6,9,12H,1-5H2. The summed E-state index contributed by atoms with van der Waals surface area (Å²) in [6.07, 6.45) is 3.83. The molecule has 0 radical (unpaired) electrons. The smallest absolute Gasteiger partial charge is 0.335 e. The van der Waals surface area contributed by atoms with E-state index >= 15 is 0 Å². The average molecular weight is 183 g/mol. The maximum Gasteiger partial charge on any atom is 0.335 e. The number of esters is 1. The number of likely N-dealkylation sites (tertiary alicyclic amines) is 1. The van der Waals surface area contributed by atoms with Crippen molar-refractivity contribution in [1.82, 2.24) is 4.90 Å². The molecule has 0 spiro atoms. The van der Waals surface area contributed by atoms with E-state index in [1.54, 1.807) is 0 Å². The van der Waals surface area contributed by atoms with Gasteiger partial charge in [-0.2, -0.15) is 0 Å². The Morgan fingerprint density at radius 1 is 1.38 bits per heavy atom. The van der Waals surface area contributed by atoms with Gasteiger partial charge in [-0.15, -0.1) is 0 Å². The monoisotopic (exact) mass is 183 g/mol. The highest BCUT2D eigenvalue weighted by Gasteiger charge is 2.28. The Balaban J connectivity index is 2.06. The highest BCUT2D eigenvalue weighted by atomic mass is 16.6. The fourth-order valence-electron chi connectivity index (χ4n) is 1.80. The molecule has 1 N–H and O–H groups in total. The maximum absolute atomic E-state index is 10.8. The van der Waals surface area contributed by atoms with Crippen LogP contribution in [0.1, 0.15) is 19.3 Å². The van der Waals surface area contributed by atoms with Crippen LogP contribution in [0.4, 0.5) is 0 Å². The van der Waals surface area contributed by atoms with Gasteiger partial charge in [0, 0.05) is 19.2 Å². The molecule has 72 valence electrons. The van der Waals surface area contributed by atoms with Crippen molar-refractivity contribution in [3.63, 3.8) is 0 Å². The molecule has 13 heavy (non-hydrogen) atoms. The van der Waals surface area contributed by atoms with Gasteiger partial charge in [-0.3, -0.25) is 0 Å². The molecule has 0 amide bonds. The Kier molecular flexibility index (Phi) is 2.22. The van der Waals surface area contributed by atoms with Crippen LogP contribution in [0.2, 0.25) is 0 Å². The third kappa shape index (κ3) is 1.67. The molecule has 1 unspecified atom stereocenters. The number of carbonyl (C=O) groups excluding carboxylic acids is 1. The molecule has 1 atom stereocenters. The van der Waals surface area contributed by atoms with Gasteiger partial charge in [-0.1, -0.05) is 0 Å². The molecule has 1 saturated heterocycles. The number of nitrogens with zero attached hydrogens (tertiary/aromatic N) is 1. The molecular weight excluding hydrogens is 170 g/mol. The number of hydrogen-bond acceptors (Lipinski definition) is 4. The van der Waals surface area contributed by atoms with Gasteiger partial charge in [0.1, 0.15) is 0 Å². The first-order valence-corrected chi connectivity index (χ1v) is 4.62. The lowest BCUT2D eigenvalue weighted by atomic mass is 10.1. The lowest BCUT2D eigenvalue weighted by Gasteiger charge is -2.30. The Labute approximate surface area is 76.8 Å². The van der Waals surface area contributed by atoms with E-state index < -0.39 is 12.3 Å². The number of rotatable bonds is 1. The first kappa shape index (κ1) is 8.56. The molecule has 4 nitrogen and oxygen atoms in total. The van der Waals surface area contributed by atoms with Crippen LogP contribution in [0.5, 0.6) is 0 Å². The predicted molar refractivity (Wildman–Crippen MR) is 45.6 cm³/mol. The summed E-state index contributed by atoms with van der Waals surface area (Å²) in [5.74, 6) is -0.437. The molecule has 0 bridgehead atoms. The van der Waals surface area contributed by atoms with Crippen LogP contribution in [0.25, 0.3) is 0 Å². The number of carbonyl (C=O) groups is 1. The van der Waals surface area contributed by atoms with E-state index in [1.165, 1.54) is 12.5 Å². The third-order valence-corrected chi connectivity index (χ3v) is 2.47. The average Bonchev–Trinajstić information content (AvgIpc) is 2.47. The van der Waals surface area contributed by atoms with Crippen molar-refractivity contribution in [1.29, 1.82) is 0 Å². The van der Waals surface area contributed by atoms with Gasteiger partial charge in [0.2, 0.25) is 6.29 Å². The van der Waals surface area contributed by atoms with Gasteiger partial charge in [-0.05, 0) is 19.3 Å². The summed E-state index contributed by atoms with van der Waals surface area (Å²) in [7, 11) is 0. The van der Waals surface area contributed by atoms with Crippen molar-refractivity contribution < 1.29 is 14.6 Å². The normalized spacial score (nSPS) is 28.7. The number of hydrogen-bond donors (Lipinski definition) is 1. The predicted octanol–water partition coefficient (Wildman–Crippen LogP) is 0.231. The van der Waals surface area contributed by atoms with Crippen LogP contribution in [0.3, 0.4) is 0 Å². The molecule has 4 heteroatoms. The van der Waals surface area contributed by atoms with Gasteiger partial charge in [0.05, 0.1) is 5.70 Å². The fourth-order valence-corrected chi connectivity index (χ4v) is 1.80. The summed E-state index contributed by atoms with van der Waals surface area (Å²) in [5.41, 5.74) is 0.629. The van der Waals surface area contributed by atoms with Gasteiger partial charge >= 0.3 is 5.97 Å². The molecule has 2 rings (SSSR count). The van der Waals surface area contributed by atoms with Crippen LogP contribution >= 0.6 is 0 Å². The zero-order valence-electron chi connectivity index (χ0n) is 7.40. The second kappa shape index (κ2) is 3.38. The number of ether oxygens (including phenoxy) is 1. The Bertz CT molecular complexity index is 243.